The summed E-state index contributed by atoms with van der Waals surface area (Å²) in [6.45, 7) is 4.73. The van der Waals surface area contributed by atoms with Gasteiger partial charge in [0.15, 0.2) is 0 Å². The molecule has 7 aromatic carbocycles. The highest BCUT2D eigenvalue weighted by Crippen LogP contribution is 2.53. The van der Waals surface area contributed by atoms with Crippen molar-refractivity contribution in [2.45, 2.75) is 25.4 Å². The molecule has 1 aliphatic heterocycles. The van der Waals surface area contributed by atoms with E-state index in [1.165, 1.54) is 55.5 Å². The summed E-state index contributed by atoms with van der Waals surface area (Å²) in [6, 6.07) is 65.7. The Morgan fingerprint density at radius 1 is 0.537 bits per heavy atom. The van der Waals surface area contributed by atoms with Crippen molar-refractivity contribution in [3.05, 3.63) is 216 Å². The SMILES string of the molecule is CC1(C)c2ccccc2-c2c(n(-c3ccccc3)c3ccc(-c4ccc(C5=CC(c6ccccc6)=NC(c6ccccc6)N5)cc4)cc23)-c2ccccc21. The lowest BCUT2D eigenvalue weighted by atomic mass is 9.75. The summed E-state index contributed by atoms with van der Waals surface area (Å²) >= 11 is 0. The van der Waals surface area contributed by atoms with E-state index in [2.05, 4.69) is 200 Å². The van der Waals surface area contributed by atoms with Gasteiger partial charge in [0.1, 0.15) is 6.17 Å². The first-order valence-corrected chi connectivity index (χ1v) is 18.8. The first kappa shape index (κ1) is 32.0. The number of nitrogens with zero attached hydrogens (tertiary/aromatic N) is 2. The Bertz CT molecular complexity index is 2730. The smallest absolute Gasteiger partial charge is 0.145 e. The number of allylic oxidation sites excluding steroid dienone is 1. The van der Waals surface area contributed by atoms with Crippen molar-refractivity contribution >= 4 is 22.3 Å². The monoisotopic (exact) mass is 693 g/mol. The summed E-state index contributed by atoms with van der Waals surface area (Å²) < 4.78 is 2.48. The zero-order valence-electron chi connectivity index (χ0n) is 30.4. The van der Waals surface area contributed by atoms with Gasteiger partial charge in [-0.15, -0.1) is 0 Å². The summed E-state index contributed by atoms with van der Waals surface area (Å²) in [5.74, 6) is 0. The van der Waals surface area contributed by atoms with Gasteiger partial charge in [-0.25, -0.2) is 0 Å². The Balaban J connectivity index is 1.12. The molecule has 2 aliphatic rings. The fourth-order valence-corrected chi connectivity index (χ4v) is 8.57. The molecule has 0 saturated heterocycles. The van der Waals surface area contributed by atoms with Crippen LogP contribution in [0.5, 0.6) is 0 Å². The van der Waals surface area contributed by atoms with E-state index in [4.69, 9.17) is 4.99 Å². The number of fused-ring (bicyclic) bond motifs is 7. The van der Waals surface area contributed by atoms with Crippen LogP contribution in [-0.4, -0.2) is 10.3 Å². The molecule has 0 spiro atoms. The van der Waals surface area contributed by atoms with Crippen molar-refractivity contribution in [1.29, 1.82) is 0 Å². The van der Waals surface area contributed by atoms with Crippen molar-refractivity contribution in [2.75, 3.05) is 0 Å². The van der Waals surface area contributed by atoms with Crippen LogP contribution in [-0.2, 0) is 5.41 Å². The normalized spacial score (nSPS) is 15.6. The summed E-state index contributed by atoms with van der Waals surface area (Å²) in [5.41, 5.74) is 17.7. The topological polar surface area (TPSA) is 29.3 Å². The molecular formula is C51H39N3. The van der Waals surface area contributed by atoms with E-state index in [0.29, 0.717) is 0 Å². The summed E-state index contributed by atoms with van der Waals surface area (Å²) in [4.78, 5) is 5.12. The maximum atomic E-state index is 5.12. The molecule has 0 bridgehead atoms. The molecule has 0 radical (unpaired) electrons. The van der Waals surface area contributed by atoms with Crippen LogP contribution in [0.2, 0.25) is 0 Å². The van der Waals surface area contributed by atoms with E-state index in [9.17, 15) is 0 Å². The predicted octanol–water partition coefficient (Wildman–Crippen LogP) is 12.4. The van der Waals surface area contributed by atoms with Crippen LogP contribution >= 0.6 is 0 Å². The Morgan fingerprint density at radius 2 is 1.11 bits per heavy atom. The average molecular weight is 694 g/mol. The zero-order chi connectivity index (χ0) is 36.2. The molecule has 1 aromatic heterocycles. The van der Waals surface area contributed by atoms with Crippen LogP contribution in [0, 0.1) is 0 Å². The molecule has 0 amide bonds. The standard InChI is InChI=1S/C51H39N3/c1-51(2)43-24-14-12-22-40(43)48-42-32-38(30-31-47(42)54(39-20-10-5-11-21-39)49(48)41-23-13-15-25-44(41)51)34-26-28-36(29-27-34)46-33-45(35-16-6-3-7-17-35)52-50(53-46)37-18-8-4-9-19-37/h3-33,50,53H,1-2H3. The minimum absolute atomic E-state index is 0.176. The van der Waals surface area contributed by atoms with E-state index in [-0.39, 0.29) is 11.6 Å². The summed E-state index contributed by atoms with van der Waals surface area (Å²) in [7, 11) is 0. The number of para-hydroxylation sites is 1. The van der Waals surface area contributed by atoms with Gasteiger partial charge < -0.3 is 9.88 Å². The van der Waals surface area contributed by atoms with Crippen LogP contribution in [0.4, 0.5) is 0 Å². The van der Waals surface area contributed by atoms with Crippen LogP contribution in [0.1, 0.15) is 47.8 Å². The second-order valence-electron chi connectivity index (χ2n) is 14.8. The zero-order valence-corrected chi connectivity index (χ0v) is 30.4. The molecule has 3 nitrogen and oxygen atoms in total. The van der Waals surface area contributed by atoms with Gasteiger partial charge >= 0.3 is 0 Å². The molecule has 258 valence electrons. The Hall–Kier alpha value is -6.71. The van der Waals surface area contributed by atoms with Gasteiger partial charge in [-0.05, 0) is 74.8 Å². The Labute approximate surface area is 316 Å². The second-order valence-corrected chi connectivity index (χ2v) is 14.8. The maximum Gasteiger partial charge on any atom is 0.145 e. The number of aliphatic imine (C=N–C) groups is 1. The molecular weight excluding hydrogens is 655 g/mol. The molecule has 54 heavy (non-hydrogen) atoms. The largest absolute Gasteiger partial charge is 0.360 e. The van der Waals surface area contributed by atoms with Gasteiger partial charge in [-0.1, -0.05) is 172 Å². The molecule has 1 unspecified atom stereocenters. The molecule has 10 rings (SSSR count). The van der Waals surface area contributed by atoms with Gasteiger partial charge in [-0.2, -0.15) is 0 Å². The Morgan fingerprint density at radius 3 is 1.83 bits per heavy atom. The average Bonchev–Trinajstić information content (AvgIpc) is 3.55. The molecule has 2 heterocycles. The number of rotatable bonds is 5. The number of hydrogen-bond donors (Lipinski definition) is 1. The van der Waals surface area contributed by atoms with Crippen LogP contribution in [0.25, 0.3) is 55.8 Å². The number of nitrogens with one attached hydrogen (secondary N) is 1. The van der Waals surface area contributed by atoms with Gasteiger partial charge in [0.05, 0.1) is 16.9 Å². The van der Waals surface area contributed by atoms with Crippen LogP contribution in [0.15, 0.2) is 193 Å². The third-order valence-electron chi connectivity index (χ3n) is 11.3. The van der Waals surface area contributed by atoms with Gasteiger partial charge in [0.25, 0.3) is 0 Å². The first-order valence-electron chi connectivity index (χ1n) is 18.8. The number of aromatic nitrogens is 1. The molecule has 1 atom stereocenters. The van der Waals surface area contributed by atoms with E-state index >= 15 is 0 Å². The van der Waals surface area contributed by atoms with E-state index in [0.717, 1.165) is 33.8 Å². The van der Waals surface area contributed by atoms with Gasteiger partial charge in [-0.3, -0.25) is 4.99 Å². The maximum absolute atomic E-state index is 5.12. The number of hydrogen-bond acceptors (Lipinski definition) is 2. The minimum Gasteiger partial charge on any atom is -0.360 e. The van der Waals surface area contributed by atoms with Crippen molar-refractivity contribution < 1.29 is 0 Å². The van der Waals surface area contributed by atoms with Crippen molar-refractivity contribution in [3.63, 3.8) is 0 Å². The summed E-state index contributed by atoms with van der Waals surface area (Å²) in [5, 5.41) is 4.97. The lowest BCUT2D eigenvalue weighted by Gasteiger charge is -2.28. The first-order chi connectivity index (χ1) is 26.5. The lowest BCUT2D eigenvalue weighted by Crippen LogP contribution is -2.24. The predicted molar refractivity (Wildman–Crippen MR) is 225 cm³/mol. The molecule has 3 heteroatoms. The molecule has 0 fully saturated rings. The highest BCUT2D eigenvalue weighted by Gasteiger charge is 2.36. The number of benzene rings is 7. The summed E-state index contributed by atoms with van der Waals surface area (Å²) in [6.07, 6.45) is 2.00. The van der Waals surface area contributed by atoms with Crippen LogP contribution < -0.4 is 5.32 Å². The van der Waals surface area contributed by atoms with Gasteiger partial charge in [0, 0.05) is 33.3 Å². The molecule has 0 saturated carbocycles. The fourth-order valence-electron chi connectivity index (χ4n) is 8.57. The molecule has 1 N–H and O–H groups in total. The van der Waals surface area contributed by atoms with E-state index in [1.54, 1.807) is 0 Å². The van der Waals surface area contributed by atoms with Crippen LogP contribution in [0.3, 0.4) is 0 Å². The fraction of sp³-hybridized carbons (Fsp3) is 0.0784. The lowest BCUT2D eigenvalue weighted by molar-refractivity contribution is 0.646. The third kappa shape index (κ3) is 5.23. The minimum atomic E-state index is -0.181. The van der Waals surface area contributed by atoms with E-state index < -0.39 is 0 Å². The van der Waals surface area contributed by atoms with E-state index in [1.807, 2.05) is 12.1 Å². The Kier molecular flexibility index (Phi) is 7.55. The van der Waals surface area contributed by atoms with Crippen molar-refractivity contribution in [3.8, 4) is 39.2 Å². The molecule has 8 aromatic rings. The highest BCUT2D eigenvalue weighted by molar-refractivity contribution is 6.13. The molecule has 1 aliphatic carbocycles. The quantitative estimate of drug-likeness (QED) is 0.191. The van der Waals surface area contributed by atoms with Gasteiger partial charge in [0.2, 0.25) is 0 Å². The highest BCUT2D eigenvalue weighted by atomic mass is 15.1. The second kappa shape index (κ2) is 12.8. The third-order valence-corrected chi connectivity index (χ3v) is 11.3. The van der Waals surface area contributed by atoms with Crippen molar-refractivity contribution in [1.82, 2.24) is 9.88 Å². The van der Waals surface area contributed by atoms with Crippen molar-refractivity contribution in [2.24, 2.45) is 4.99 Å².